The Morgan fingerprint density at radius 3 is 2.84 bits per heavy atom. The van der Waals surface area contributed by atoms with Crippen LogP contribution in [0.15, 0.2) is 38.5 Å². The van der Waals surface area contributed by atoms with Gasteiger partial charge in [0.15, 0.2) is 5.82 Å². The van der Waals surface area contributed by atoms with E-state index in [1.54, 1.807) is 0 Å². The van der Waals surface area contributed by atoms with Gasteiger partial charge in [-0.15, -0.1) is 0 Å². The van der Waals surface area contributed by atoms with Crippen LogP contribution in [0.25, 0.3) is 0 Å². The molecule has 0 radical (unpaired) electrons. The summed E-state index contributed by atoms with van der Waals surface area (Å²) in [7, 11) is -3.75. The monoisotopic (exact) mass is 349 g/mol. The molecule has 19 heavy (non-hydrogen) atoms. The van der Waals surface area contributed by atoms with Crippen LogP contribution in [-0.2, 0) is 16.4 Å². The average molecular weight is 350 g/mol. The summed E-state index contributed by atoms with van der Waals surface area (Å²) in [6.07, 6.45) is 1.45. The van der Waals surface area contributed by atoms with Crippen molar-refractivity contribution in [1.82, 2.24) is 14.9 Å². The second-order valence-corrected chi connectivity index (χ2v) is 6.19. The molecule has 0 amide bonds. The first-order valence-electron chi connectivity index (χ1n) is 5.19. The molecule has 1 aromatic carbocycles. The maximum Gasteiger partial charge on any atom is 0.240 e. The minimum Gasteiger partial charge on any atom is -0.343 e. The fourth-order valence-electron chi connectivity index (χ4n) is 1.33. The molecule has 0 saturated carbocycles. The van der Waals surface area contributed by atoms with Crippen molar-refractivity contribution in [1.29, 1.82) is 0 Å². The summed E-state index contributed by atoms with van der Waals surface area (Å²) in [5, 5.41) is 3.55. The maximum absolute atomic E-state index is 13.3. The number of halogens is 2. The summed E-state index contributed by atoms with van der Waals surface area (Å²) in [5.41, 5.74) is 0. The lowest BCUT2D eigenvalue weighted by molar-refractivity contribution is 0.410. The van der Waals surface area contributed by atoms with Gasteiger partial charge in [-0.05, 0) is 34.1 Å². The van der Waals surface area contributed by atoms with Crippen LogP contribution in [0.5, 0.6) is 0 Å². The van der Waals surface area contributed by atoms with Gasteiger partial charge in [-0.2, -0.15) is 4.98 Å². The van der Waals surface area contributed by atoms with E-state index in [1.807, 2.05) is 0 Å². The molecule has 0 aliphatic rings. The minimum absolute atomic E-state index is 0.0968. The number of benzene rings is 1. The smallest absolute Gasteiger partial charge is 0.240 e. The van der Waals surface area contributed by atoms with E-state index < -0.39 is 15.8 Å². The van der Waals surface area contributed by atoms with E-state index in [9.17, 15) is 12.8 Å². The van der Waals surface area contributed by atoms with E-state index in [-0.39, 0.29) is 22.3 Å². The topological polar surface area (TPSA) is 85.1 Å². The lowest BCUT2D eigenvalue weighted by Gasteiger charge is -2.06. The number of rotatable bonds is 5. The second kappa shape index (κ2) is 5.76. The highest BCUT2D eigenvalue weighted by Crippen LogP contribution is 2.19. The number of nitrogens with one attached hydrogen (secondary N) is 1. The van der Waals surface area contributed by atoms with Crippen LogP contribution in [0.1, 0.15) is 5.82 Å². The van der Waals surface area contributed by atoms with E-state index in [4.69, 9.17) is 0 Å². The molecule has 0 saturated heterocycles. The number of aromatic nitrogens is 2. The first kappa shape index (κ1) is 14.1. The van der Waals surface area contributed by atoms with Crippen molar-refractivity contribution in [3.8, 4) is 0 Å². The van der Waals surface area contributed by atoms with Gasteiger partial charge in [-0.3, -0.25) is 0 Å². The molecule has 0 bridgehead atoms. The van der Waals surface area contributed by atoms with Gasteiger partial charge in [-0.1, -0.05) is 5.16 Å². The molecule has 1 aromatic heterocycles. The fraction of sp³-hybridized carbons (Fsp3) is 0.200. The third kappa shape index (κ3) is 3.58. The van der Waals surface area contributed by atoms with Crippen molar-refractivity contribution in [3.05, 3.63) is 40.7 Å². The van der Waals surface area contributed by atoms with Crippen molar-refractivity contribution in [2.24, 2.45) is 0 Å². The number of nitrogens with zero attached hydrogens (tertiary/aromatic N) is 2. The van der Waals surface area contributed by atoms with Gasteiger partial charge in [0.2, 0.25) is 16.4 Å². The highest BCUT2D eigenvalue weighted by atomic mass is 79.9. The van der Waals surface area contributed by atoms with Crippen molar-refractivity contribution in [2.45, 2.75) is 11.3 Å². The molecule has 9 heteroatoms. The molecule has 0 atom stereocenters. The van der Waals surface area contributed by atoms with E-state index in [0.29, 0.717) is 5.82 Å². The first-order valence-corrected chi connectivity index (χ1v) is 7.46. The van der Waals surface area contributed by atoms with Crippen LogP contribution < -0.4 is 4.72 Å². The van der Waals surface area contributed by atoms with Crippen LogP contribution in [0.4, 0.5) is 4.39 Å². The highest BCUT2D eigenvalue weighted by molar-refractivity contribution is 9.10. The van der Waals surface area contributed by atoms with Crippen LogP contribution in [0.2, 0.25) is 0 Å². The van der Waals surface area contributed by atoms with Crippen molar-refractivity contribution in [2.75, 3.05) is 6.54 Å². The number of hydrogen-bond donors (Lipinski definition) is 1. The zero-order valence-corrected chi connectivity index (χ0v) is 11.9. The molecule has 102 valence electrons. The lowest BCUT2D eigenvalue weighted by Crippen LogP contribution is -2.26. The maximum atomic E-state index is 13.3. The molecular weight excluding hydrogens is 341 g/mol. The number of hydrogen-bond acceptors (Lipinski definition) is 5. The molecule has 2 aromatic rings. The molecule has 0 fully saturated rings. The quantitative estimate of drug-likeness (QED) is 0.883. The Morgan fingerprint density at radius 1 is 1.42 bits per heavy atom. The Hall–Kier alpha value is -1.32. The third-order valence-electron chi connectivity index (χ3n) is 2.25. The van der Waals surface area contributed by atoms with Gasteiger partial charge >= 0.3 is 0 Å². The van der Waals surface area contributed by atoms with E-state index >= 15 is 0 Å². The summed E-state index contributed by atoms with van der Waals surface area (Å²) in [6.45, 7) is 0.0968. The van der Waals surface area contributed by atoms with Gasteiger partial charge in [0.1, 0.15) is 5.82 Å². The second-order valence-electron chi connectivity index (χ2n) is 3.57. The van der Waals surface area contributed by atoms with Crippen LogP contribution in [0.3, 0.4) is 0 Å². The summed E-state index contributed by atoms with van der Waals surface area (Å²) in [4.78, 5) is 3.62. The Kier molecular flexibility index (Phi) is 4.27. The summed E-state index contributed by atoms with van der Waals surface area (Å²) < 4.78 is 44.1. The summed E-state index contributed by atoms with van der Waals surface area (Å²) >= 11 is 2.96. The molecule has 0 aliphatic carbocycles. The molecule has 1 N–H and O–H groups in total. The summed E-state index contributed by atoms with van der Waals surface area (Å²) in [5.74, 6) is -0.245. The van der Waals surface area contributed by atoms with Crippen LogP contribution in [-0.4, -0.2) is 25.1 Å². The predicted octanol–water partition coefficient (Wildman–Crippen LogP) is 1.49. The Labute approximate surface area is 117 Å². The standard InChI is InChI=1S/C10H9BrFN3O3S/c11-8-2-1-7(5-9(8)12)19(16,17)14-4-3-10-13-6-18-15-10/h1-2,5-6,14H,3-4H2. The molecule has 1 heterocycles. The van der Waals surface area contributed by atoms with Crippen LogP contribution >= 0.6 is 15.9 Å². The van der Waals surface area contributed by atoms with Gasteiger partial charge in [0, 0.05) is 13.0 Å². The predicted molar refractivity (Wildman–Crippen MR) is 67.3 cm³/mol. The number of sulfonamides is 1. The molecule has 2 rings (SSSR count). The van der Waals surface area contributed by atoms with E-state index in [2.05, 4.69) is 35.3 Å². The first-order chi connectivity index (χ1) is 8.99. The molecule has 0 aliphatic heterocycles. The van der Waals surface area contributed by atoms with Crippen molar-refractivity contribution < 1.29 is 17.3 Å². The van der Waals surface area contributed by atoms with Crippen LogP contribution in [0, 0.1) is 5.82 Å². The Bertz CT molecular complexity index is 661. The normalized spacial score (nSPS) is 11.7. The third-order valence-corrected chi connectivity index (χ3v) is 4.35. The minimum atomic E-state index is -3.75. The van der Waals surface area contributed by atoms with E-state index in [0.717, 1.165) is 12.5 Å². The molecular formula is C10H9BrFN3O3S. The Balaban J connectivity index is 2.03. The van der Waals surface area contributed by atoms with Gasteiger partial charge in [0.05, 0.1) is 9.37 Å². The lowest BCUT2D eigenvalue weighted by atomic mass is 10.3. The molecule has 0 unspecified atom stereocenters. The fourth-order valence-corrected chi connectivity index (χ4v) is 2.62. The van der Waals surface area contributed by atoms with E-state index in [1.165, 1.54) is 12.1 Å². The van der Waals surface area contributed by atoms with Gasteiger partial charge in [0.25, 0.3) is 0 Å². The average Bonchev–Trinajstić information content (AvgIpc) is 2.85. The van der Waals surface area contributed by atoms with Gasteiger partial charge in [-0.25, -0.2) is 17.5 Å². The van der Waals surface area contributed by atoms with Crippen molar-refractivity contribution in [3.63, 3.8) is 0 Å². The van der Waals surface area contributed by atoms with Gasteiger partial charge < -0.3 is 4.52 Å². The summed E-state index contributed by atoms with van der Waals surface area (Å²) in [6, 6.07) is 3.59. The SMILES string of the molecule is O=S(=O)(NCCc1ncon1)c1ccc(Br)c(F)c1. The zero-order valence-electron chi connectivity index (χ0n) is 9.51. The Morgan fingerprint density at radius 2 is 2.21 bits per heavy atom. The largest absolute Gasteiger partial charge is 0.343 e. The van der Waals surface area contributed by atoms with Crippen molar-refractivity contribution >= 4 is 26.0 Å². The molecule has 6 nitrogen and oxygen atoms in total. The zero-order chi connectivity index (χ0) is 13.9. The highest BCUT2D eigenvalue weighted by Gasteiger charge is 2.15. The molecule has 0 spiro atoms.